The molecule has 160 valence electrons. The molecule has 1 saturated carbocycles. The average molecular weight is 435 g/mol. The number of carbonyl (C=O) groups is 1. The van der Waals surface area contributed by atoms with Gasteiger partial charge in [-0.05, 0) is 62.8 Å². The van der Waals surface area contributed by atoms with Gasteiger partial charge in [0, 0.05) is 5.71 Å². The van der Waals surface area contributed by atoms with Crippen LogP contribution in [0.2, 0.25) is 0 Å². The number of amides is 1. The van der Waals surface area contributed by atoms with E-state index in [1.54, 1.807) is 4.57 Å². The Hall–Kier alpha value is -2.93. The van der Waals surface area contributed by atoms with Gasteiger partial charge in [0.1, 0.15) is 0 Å². The summed E-state index contributed by atoms with van der Waals surface area (Å²) in [5, 5.41) is 5.36. The molecule has 0 atom stereocenters. The van der Waals surface area contributed by atoms with Crippen molar-refractivity contribution in [1.82, 2.24) is 15.0 Å². The minimum Gasteiger partial charge on any atom is -0.272 e. The zero-order chi connectivity index (χ0) is 21.8. The SMILES string of the molecule is Cc1ccc2nc(SCC(=O)NN=C3CCC(C)CC3)n(-c3ccccc3)c(=O)c2c1. The highest BCUT2D eigenvalue weighted by Crippen LogP contribution is 2.23. The van der Waals surface area contributed by atoms with Gasteiger partial charge in [0.2, 0.25) is 0 Å². The summed E-state index contributed by atoms with van der Waals surface area (Å²) in [6.45, 7) is 4.20. The van der Waals surface area contributed by atoms with Crippen molar-refractivity contribution in [3.05, 3.63) is 64.4 Å². The molecule has 0 spiro atoms. The molecule has 1 heterocycles. The second-order valence-electron chi connectivity index (χ2n) is 8.08. The zero-order valence-corrected chi connectivity index (χ0v) is 18.6. The molecule has 7 heteroatoms. The lowest BCUT2D eigenvalue weighted by Crippen LogP contribution is -2.25. The Morgan fingerprint density at radius 1 is 1.19 bits per heavy atom. The third-order valence-electron chi connectivity index (χ3n) is 5.53. The van der Waals surface area contributed by atoms with Gasteiger partial charge >= 0.3 is 0 Å². The number of rotatable bonds is 5. The van der Waals surface area contributed by atoms with E-state index >= 15 is 0 Å². The highest BCUT2D eigenvalue weighted by atomic mass is 32.2. The van der Waals surface area contributed by atoms with Crippen LogP contribution in [-0.2, 0) is 4.79 Å². The molecule has 2 aromatic carbocycles. The van der Waals surface area contributed by atoms with Crippen molar-refractivity contribution in [2.45, 2.75) is 44.7 Å². The van der Waals surface area contributed by atoms with E-state index < -0.39 is 0 Å². The van der Waals surface area contributed by atoms with Gasteiger partial charge in [0.15, 0.2) is 5.16 Å². The van der Waals surface area contributed by atoms with Crippen LogP contribution in [0.1, 0.15) is 38.2 Å². The summed E-state index contributed by atoms with van der Waals surface area (Å²) in [7, 11) is 0. The van der Waals surface area contributed by atoms with E-state index in [1.807, 2.05) is 55.5 Å². The molecule has 1 aliphatic rings. The van der Waals surface area contributed by atoms with Crippen molar-refractivity contribution in [1.29, 1.82) is 0 Å². The van der Waals surface area contributed by atoms with Gasteiger partial charge in [-0.3, -0.25) is 14.2 Å². The molecule has 0 unspecified atom stereocenters. The maximum absolute atomic E-state index is 13.3. The molecular formula is C24H26N4O2S. The number of benzene rings is 2. The summed E-state index contributed by atoms with van der Waals surface area (Å²) in [6.07, 6.45) is 4.11. The van der Waals surface area contributed by atoms with Crippen molar-refractivity contribution in [2.24, 2.45) is 11.0 Å². The topological polar surface area (TPSA) is 76.3 Å². The monoisotopic (exact) mass is 434 g/mol. The van der Waals surface area contributed by atoms with E-state index in [0.29, 0.717) is 16.1 Å². The second-order valence-corrected chi connectivity index (χ2v) is 9.02. The first kappa shape index (κ1) is 21.3. The number of aromatic nitrogens is 2. The molecule has 1 amide bonds. The smallest absolute Gasteiger partial charge is 0.266 e. The van der Waals surface area contributed by atoms with Crippen LogP contribution < -0.4 is 11.0 Å². The van der Waals surface area contributed by atoms with Gasteiger partial charge in [0.25, 0.3) is 11.5 Å². The molecule has 31 heavy (non-hydrogen) atoms. The van der Waals surface area contributed by atoms with Crippen LogP contribution in [0.3, 0.4) is 0 Å². The number of hydrazone groups is 1. The fraction of sp³-hybridized carbons (Fsp3) is 0.333. The molecule has 0 aliphatic heterocycles. The summed E-state index contributed by atoms with van der Waals surface area (Å²) in [4.78, 5) is 30.4. The second kappa shape index (κ2) is 9.47. The van der Waals surface area contributed by atoms with Crippen LogP contribution in [0.5, 0.6) is 0 Å². The molecule has 3 aromatic rings. The number of nitrogens with zero attached hydrogens (tertiary/aromatic N) is 3. The van der Waals surface area contributed by atoms with E-state index in [1.165, 1.54) is 11.8 Å². The lowest BCUT2D eigenvalue weighted by Gasteiger charge is -2.18. The Morgan fingerprint density at radius 2 is 1.94 bits per heavy atom. The van der Waals surface area contributed by atoms with Crippen molar-refractivity contribution in [3.8, 4) is 5.69 Å². The van der Waals surface area contributed by atoms with Gasteiger partial charge in [0.05, 0.1) is 22.3 Å². The van der Waals surface area contributed by atoms with Crippen LogP contribution in [0, 0.1) is 12.8 Å². The first-order valence-electron chi connectivity index (χ1n) is 10.6. The van der Waals surface area contributed by atoms with Crippen molar-refractivity contribution in [3.63, 3.8) is 0 Å². The van der Waals surface area contributed by atoms with E-state index in [4.69, 9.17) is 4.98 Å². The molecule has 0 bridgehead atoms. The van der Waals surface area contributed by atoms with Crippen LogP contribution in [0.15, 0.2) is 63.6 Å². The van der Waals surface area contributed by atoms with Crippen LogP contribution >= 0.6 is 11.8 Å². The largest absolute Gasteiger partial charge is 0.272 e. The van der Waals surface area contributed by atoms with Gasteiger partial charge < -0.3 is 0 Å². The van der Waals surface area contributed by atoms with E-state index in [-0.39, 0.29) is 17.2 Å². The number of aryl methyl sites for hydroxylation is 1. The molecular weight excluding hydrogens is 408 g/mol. The number of hydrogen-bond acceptors (Lipinski definition) is 5. The Labute approximate surface area is 185 Å². The summed E-state index contributed by atoms with van der Waals surface area (Å²) >= 11 is 1.24. The normalized spacial score (nSPS) is 16.3. The number of hydrogen-bond donors (Lipinski definition) is 1. The number of thioether (sulfide) groups is 1. The Morgan fingerprint density at radius 3 is 2.68 bits per heavy atom. The Bertz CT molecular complexity index is 1180. The summed E-state index contributed by atoms with van der Waals surface area (Å²) < 4.78 is 1.58. The first-order chi connectivity index (χ1) is 15.0. The predicted molar refractivity (Wildman–Crippen MR) is 126 cm³/mol. The highest BCUT2D eigenvalue weighted by Gasteiger charge is 2.16. The van der Waals surface area contributed by atoms with Crippen LogP contribution in [0.25, 0.3) is 16.6 Å². The molecule has 1 N–H and O–H groups in total. The first-order valence-corrected chi connectivity index (χ1v) is 11.6. The molecule has 1 aromatic heterocycles. The Kier molecular flexibility index (Phi) is 6.51. The summed E-state index contributed by atoms with van der Waals surface area (Å²) in [6, 6.07) is 15.0. The molecule has 1 aliphatic carbocycles. The number of nitrogens with one attached hydrogen (secondary N) is 1. The fourth-order valence-corrected chi connectivity index (χ4v) is 4.50. The predicted octanol–water partition coefficient (Wildman–Crippen LogP) is 4.47. The summed E-state index contributed by atoms with van der Waals surface area (Å²) in [5.74, 6) is 0.653. The molecule has 4 rings (SSSR count). The quantitative estimate of drug-likeness (QED) is 0.365. The minimum absolute atomic E-state index is 0.129. The molecule has 1 fully saturated rings. The van der Waals surface area contributed by atoms with Crippen molar-refractivity contribution < 1.29 is 4.79 Å². The van der Waals surface area contributed by atoms with Crippen LogP contribution in [-0.4, -0.2) is 26.9 Å². The summed E-state index contributed by atoms with van der Waals surface area (Å²) in [5.41, 5.74) is 5.94. The number of para-hydroxylation sites is 1. The van der Waals surface area contributed by atoms with Gasteiger partial charge in [-0.1, -0.05) is 48.5 Å². The number of carbonyl (C=O) groups excluding carboxylic acids is 1. The van der Waals surface area contributed by atoms with Crippen molar-refractivity contribution in [2.75, 3.05) is 5.75 Å². The third-order valence-corrected chi connectivity index (χ3v) is 6.47. The Balaban J connectivity index is 1.58. The molecule has 0 saturated heterocycles. The fourth-order valence-electron chi connectivity index (χ4n) is 3.69. The lowest BCUT2D eigenvalue weighted by atomic mass is 9.90. The maximum atomic E-state index is 13.3. The average Bonchev–Trinajstić information content (AvgIpc) is 2.78. The van der Waals surface area contributed by atoms with Gasteiger partial charge in [-0.25, -0.2) is 10.4 Å². The van der Waals surface area contributed by atoms with Crippen LogP contribution in [0.4, 0.5) is 0 Å². The zero-order valence-electron chi connectivity index (χ0n) is 17.8. The number of fused-ring (bicyclic) bond motifs is 1. The van der Waals surface area contributed by atoms with E-state index in [2.05, 4.69) is 17.5 Å². The molecule has 0 radical (unpaired) electrons. The highest BCUT2D eigenvalue weighted by molar-refractivity contribution is 7.99. The third kappa shape index (κ3) is 5.05. The minimum atomic E-state index is -0.200. The standard InChI is InChI=1S/C24H26N4O2S/c1-16-8-11-18(12-9-16)26-27-22(29)15-31-24-25-21-13-10-17(2)14-20(21)23(30)28(24)19-6-4-3-5-7-19/h3-7,10,13-14,16H,8-9,11-12,15H2,1-2H3,(H,27,29). The lowest BCUT2D eigenvalue weighted by molar-refractivity contribution is -0.118. The van der Waals surface area contributed by atoms with Gasteiger partial charge in [-0.15, -0.1) is 0 Å². The van der Waals surface area contributed by atoms with Crippen molar-refractivity contribution >= 4 is 34.3 Å². The van der Waals surface area contributed by atoms with Gasteiger partial charge in [-0.2, -0.15) is 5.10 Å². The van der Waals surface area contributed by atoms with E-state index in [0.717, 1.165) is 48.6 Å². The maximum Gasteiger partial charge on any atom is 0.266 e. The molecule has 6 nitrogen and oxygen atoms in total. The van der Waals surface area contributed by atoms with E-state index in [9.17, 15) is 9.59 Å².